The summed E-state index contributed by atoms with van der Waals surface area (Å²) in [6, 6.07) is 19.2. The van der Waals surface area contributed by atoms with Crippen LogP contribution >= 0.6 is 11.6 Å². The van der Waals surface area contributed by atoms with E-state index >= 15 is 0 Å². The number of carbonyl (C=O) groups is 2. The molecule has 0 bridgehead atoms. The van der Waals surface area contributed by atoms with E-state index in [1.807, 2.05) is 49.4 Å². The molecule has 0 saturated carbocycles. The fourth-order valence-electron chi connectivity index (χ4n) is 2.59. The minimum atomic E-state index is -0.252. The van der Waals surface area contributed by atoms with Crippen molar-refractivity contribution in [2.75, 3.05) is 5.32 Å². The van der Waals surface area contributed by atoms with Crippen LogP contribution in [0, 0.1) is 0 Å². The van der Waals surface area contributed by atoms with E-state index in [0.29, 0.717) is 16.8 Å². The Morgan fingerprint density at radius 1 is 0.926 bits per heavy atom. The molecule has 6 heteroatoms. The topological polar surface area (TPSA) is 71.1 Å². The molecule has 5 nitrogen and oxygen atoms in total. The third kappa shape index (κ3) is 4.92. The quantitative estimate of drug-likeness (QED) is 0.642. The van der Waals surface area contributed by atoms with Gasteiger partial charge in [-0.25, -0.2) is 4.98 Å². The number of nitrogens with zero attached hydrogens (tertiary/aromatic N) is 1. The lowest BCUT2D eigenvalue weighted by Crippen LogP contribution is -2.26. The predicted molar refractivity (Wildman–Crippen MR) is 106 cm³/mol. The molecule has 0 aliphatic carbocycles. The number of pyridine rings is 1. The Morgan fingerprint density at radius 2 is 1.70 bits per heavy atom. The highest BCUT2D eigenvalue weighted by Crippen LogP contribution is 2.19. The lowest BCUT2D eigenvalue weighted by atomic mass is 10.1. The number of carbonyl (C=O) groups excluding carboxylic acids is 2. The molecule has 27 heavy (non-hydrogen) atoms. The van der Waals surface area contributed by atoms with Crippen LogP contribution in [0.4, 0.5) is 5.69 Å². The minimum absolute atomic E-state index is 0.184. The van der Waals surface area contributed by atoms with Gasteiger partial charge in [-0.1, -0.05) is 41.9 Å². The van der Waals surface area contributed by atoms with Gasteiger partial charge in [-0.05, 0) is 48.9 Å². The highest BCUT2D eigenvalue weighted by molar-refractivity contribution is 6.29. The average molecular weight is 380 g/mol. The lowest BCUT2D eigenvalue weighted by molar-refractivity contribution is 0.0939. The SMILES string of the molecule is CC(NC(=O)c1ccnc(Cl)c1)c1cccc(NC(=O)c2ccccc2)c1. The Balaban J connectivity index is 1.69. The number of halogens is 1. The van der Waals surface area contributed by atoms with E-state index in [1.54, 1.807) is 18.2 Å². The van der Waals surface area contributed by atoms with Gasteiger partial charge in [0.25, 0.3) is 11.8 Å². The summed E-state index contributed by atoms with van der Waals surface area (Å²) in [6.07, 6.45) is 1.49. The van der Waals surface area contributed by atoms with Crippen LogP contribution in [0.5, 0.6) is 0 Å². The molecule has 2 amide bonds. The van der Waals surface area contributed by atoms with E-state index in [9.17, 15) is 9.59 Å². The number of hydrogen-bond donors (Lipinski definition) is 2. The summed E-state index contributed by atoms with van der Waals surface area (Å²) in [6.45, 7) is 1.87. The number of nitrogens with one attached hydrogen (secondary N) is 2. The van der Waals surface area contributed by atoms with Crippen LogP contribution in [-0.2, 0) is 0 Å². The van der Waals surface area contributed by atoms with Gasteiger partial charge in [0.15, 0.2) is 0 Å². The normalized spacial score (nSPS) is 11.5. The first kappa shape index (κ1) is 18.6. The van der Waals surface area contributed by atoms with Crippen molar-refractivity contribution < 1.29 is 9.59 Å². The van der Waals surface area contributed by atoms with E-state index in [0.717, 1.165) is 5.56 Å². The highest BCUT2D eigenvalue weighted by Gasteiger charge is 2.13. The van der Waals surface area contributed by atoms with Crippen molar-refractivity contribution in [1.82, 2.24) is 10.3 Å². The number of hydrogen-bond acceptors (Lipinski definition) is 3. The molecule has 1 unspecified atom stereocenters. The second-order valence-corrected chi connectivity index (χ2v) is 6.40. The Morgan fingerprint density at radius 3 is 2.44 bits per heavy atom. The van der Waals surface area contributed by atoms with Gasteiger partial charge in [0, 0.05) is 23.0 Å². The summed E-state index contributed by atoms with van der Waals surface area (Å²) < 4.78 is 0. The Labute approximate surface area is 162 Å². The summed E-state index contributed by atoms with van der Waals surface area (Å²) in [5, 5.41) is 6.05. The molecule has 0 spiro atoms. The van der Waals surface area contributed by atoms with Gasteiger partial charge in [-0.2, -0.15) is 0 Å². The van der Waals surface area contributed by atoms with Gasteiger partial charge in [0.1, 0.15) is 5.15 Å². The van der Waals surface area contributed by atoms with E-state index in [-0.39, 0.29) is 23.0 Å². The molecule has 3 rings (SSSR count). The largest absolute Gasteiger partial charge is 0.346 e. The Bertz CT molecular complexity index is 960. The first-order chi connectivity index (χ1) is 13.0. The molecule has 0 radical (unpaired) electrons. The molecule has 1 atom stereocenters. The third-order valence-corrected chi connectivity index (χ3v) is 4.22. The van der Waals surface area contributed by atoms with E-state index < -0.39 is 0 Å². The molecule has 1 heterocycles. The molecule has 0 saturated heterocycles. The fraction of sp³-hybridized carbons (Fsp3) is 0.0952. The van der Waals surface area contributed by atoms with Crippen LogP contribution in [0.25, 0.3) is 0 Å². The van der Waals surface area contributed by atoms with Gasteiger partial charge < -0.3 is 10.6 Å². The Hall–Kier alpha value is -3.18. The van der Waals surface area contributed by atoms with Crippen LogP contribution in [0.1, 0.15) is 39.2 Å². The number of aromatic nitrogens is 1. The van der Waals surface area contributed by atoms with Crippen LogP contribution in [-0.4, -0.2) is 16.8 Å². The summed E-state index contributed by atoms with van der Waals surface area (Å²) >= 11 is 5.83. The van der Waals surface area contributed by atoms with Gasteiger partial charge >= 0.3 is 0 Å². The van der Waals surface area contributed by atoms with Crippen molar-refractivity contribution >= 4 is 29.1 Å². The minimum Gasteiger partial charge on any atom is -0.346 e. The molecule has 0 aliphatic rings. The number of amides is 2. The maximum absolute atomic E-state index is 12.4. The molecule has 0 fully saturated rings. The smallest absolute Gasteiger partial charge is 0.255 e. The van der Waals surface area contributed by atoms with E-state index in [2.05, 4.69) is 15.6 Å². The Kier molecular flexibility index (Phi) is 5.84. The number of rotatable bonds is 5. The molecule has 2 N–H and O–H groups in total. The van der Waals surface area contributed by atoms with Gasteiger partial charge in [-0.3, -0.25) is 9.59 Å². The molecule has 3 aromatic rings. The maximum Gasteiger partial charge on any atom is 0.255 e. The molecule has 2 aromatic carbocycles. The monoisotopic (exact) mass is 379 g/mol. The van der Waals surface area contributed by atoms with Crippen molar-refractivity contribution in [1.29, 1.82) is 0 Å². The summed E-state index contributed by atoms with van der Waals surface area (Å²) in [7, 11) is 0. The van der Waals surface area contributed by atoms with Gasteiger partial charge in [0.05, 0.1) is 6.04 Å². The third-order valence-electron chi connectivity index (χ3n) is 4.02. The van der Waals surface area contributed by atoms with Crippen LogP contribution in [0.2, 0.25) is 5.15 Å². The zero-order chi connectivity index (χ0) is 19.2. The lowest BCUT2D eigenvalue weighted by Gasteiger charge is -2.16. The van der Waals surface area contributed by atoms with Crippen molar-refractivity contribution in [3.8, 4) is 0 Å². The van der Waals surface area contributed by atoms with Crippen molar-refractivity contribution in [3.05, 3.63) is 94.8 Å². The summed E-state index contributed by atoms with van der Waals surface area (Å²) in [4.78, 5) is 28.5. The van der Waals surface area contributed by atoms with Crippen LogP contribution in [0.15, 0.2) is 72.9 Å². The molecule has 136 valence electrons. The molecule has 0 aliphatic heterocycles. The second kappa shape index (κ2) is 8.47. The highest BCUT2D eigenvalue weighted by atomic mass is 35.5. The number of benzene rings is 2. The van der Waals surface area contributed by atoms with Crippen molar-refractivity contribution in [2.45, 2.75) is 13.0 Å². The molecular formula is C21H18ClN3O2. The summed E-state index contributed by atoms with van der Waals surface area (Å²) in [5.41, 5.74) is 2.55. The van der Waals surface area contributed by atoms with Gasteiger partial charge in [0.2, 0.25) is 0 Å². The van der Waals surface area contributed by atoms with Crippen LogP contribution < -0.4 is 10.6 Å². The first-order valence-corrected chi connectivity index (χ1v) is 8.79. The van der Waals surface area contributed by atoms with Crippen molar-refractivity contribution in [3.63, 3.8) is 0 Å². The zero-order valence-electron chi connectivity index (χ0n) is 14.6. The van der Waals surface area contributed by atoms with E-state index in [1.165, 1.54) is 12.3 Å². The first-order valence-electron chi connectivity index (χ1n) is 8.42. The zero-order valence-corrected chi connectivity index (χ0v) is 15.4. The van der Waals surface area contributed by atoms with E-state index in [4.69, 9.17) is 11.6 Å². The molecular weight excluding hydrogens is 362 g/mol. The van der Waals surface area contributed by atoms with Crippen molar-refractivity contribution in [2.24, 2.45) is 0 Å². The average Bonchev–Trinajstić information content (AvgIpc) is 2.68. The maximum atomic E-state index is 12.4. The van der Waals surface area contributed by atoms with Gasteiger partial charge in [-0.15, -0.1) is 0 Å². The number of anilines is 1. The molecule has 1 aromatic heterocycles. The summed E-state index contributed by atoms with van der Waals surface area (Å²) in [5.74, 6) is -0.429. The fourth-order valence-corrected chi connectivity index (χ4v) is 2.76. The predicted octanol–water partition coefficient (Wildman–Crippen LogP) is 4.48. The standard InChI is InChI=1S/C21H18ClN3O2/c1-14(24-21(27)17-10-11-23-19(22)13-17)16-8-5-9-18(12-16)25-20(26)15-6-3-2-4-7-15/h2-14H,1H3,(H,24,27)(H,25,26). The second-order valence-electron chi connectivity index (χ2n) is 6.01. The van der Waals surface area contributed by atoms with Crippen LogP contribution in [0.3, 0.4) is 0 Å².